The first-order valence-corrected chi connectivity index (χ1v) is 7.22. The van der Waals surface area contributed by atoms with Gasteiger partial charge in [0.25, 0.3) is 5.91 Å². The fraction of sp³-hybridized carbons (Fsp3) is 0.286. The van der Waals surface area contributed by atoms with Crippen LogP contribution in [0.4, 0.5) is 5.69 Å². The van der Waals surface area contributed by atoms with Crippen LogP contribution in [-0.4, -0.2) is 23.5 Å². The maximum absolute atomic E-state index is 11.4. The van der Waals surface area contributed by atoms with Crippen LogP contribution in [0.2, 0.25) is 0 Å². The number of amides is 1. The van der Waals surface area contributed by atoms with Crippen molar-refractivity contribution in [3.8, 4) is 5.75 Å². The van der Waals surface area contributed by atoms with Crippen LogP contribution in [0.1, 0.15) is 10.7 Å². The molecule has 104 valence electrons. The average Bonchev–Trinajstić information content (AvgIpc) is 2.84. The highest BCUT2D eigenvalue weighted by Gasteiger charge is 2.29. The molecule has 0 aliphatic carbocycles. The molecule has 0 saturated heterocycles. The number of para-hydroxylation sites is 2. The van der Waals surface area contributed by atoms with Crippen LogP contribution in [-0.2, 0) is 11.3 Å². The van der Waals surface area contributed by atoms with E-state index in [2.05, 4.69) is 9.88 Å². The fourth-order valence-electron chi connectivity index (χ4n) is 2.28. The quantitative estimate of drug-likeness (QED) is 0.934. The molecule has 5 nitrogen and oxygen atoms in total. The molecule has 0 radical (unpaired) electrons. The monoisotopic (exact) mass is 289 g/mol. The highest BCUT2D eigenvalue weighted by atomic mass is 32.1. The van der Waals surface area contributed by atoms with Gasteiger partial charge >= 0.3 is 0 Å². The number of aryl methyl sites for hydroxylation is 1. The first kappa shape index (κ1) is 12.9. The number of rotatable bonds is 3. The Labute approximate surface area is 121 Å². The Balaban J connectivity index is 1.90. The van der Waals surface area contributed by atoms with Gasteiger partial charge in [0.15, 0.2) is 6.10 Å². The smallest absolute Gasteiger partial charge is 0.260 e. The summed E-state index contributed by atoms with van der Waals surface area (Å²) in [7, 11) is 0. The second kappa shape index (κ2) is 5.13. The lowest BCUT2D eigenvalue weighted by Crippen LogP contribution is -2.47. The summed E-state index contributed by atoms with van der Waals surface area (Å²) < 4.78 is 5.63. The Bertz CT molecular complexity index is 641. The van der Waals surface area contributed by atoms with E-state index in [1.165, 1.54) is 0 Å². The van der Waals surface area contributed by atoms with Crippen molar-refractivity contribution in [2.75, 3.05) is 11.4 Å². The summed E-state index contributed by atoms with van der Waals surface area (Å²) in [5.74, 6) is 0.244. The molecule has 1 unspecified atom stereocenters. The van der Waals surface area contributed by atoms with Gasteiger partial charge in [-0.05, 0) is 19.1 Å². The van der Waals surface area contributed by atoms with Crippen molar-refractivity contribution in [1.29, 1.82) is 0 Å². The summed E-state index contributed by atoms with van der Waals surface area (Å²) in [6.07, 6.45) is -0.621. The minimum atomic E-state index is -0.621. The van der Waals surface area contributed by atoms with Crippen molar-refractivity contribution in [2.45, 2.75) is 19.6 Å². The normalized spacial score (nSPS) is 17.4. The number of fused-ring (bicyclic) bond motifs is 1. The molecular formula is C14H15N3O2S. The van der Waals surface area contributed by atoms with Gasteiger partial charge in [-0.25, -0.2) is 4.98 Å². The zero-order valence-electron chi connectivity index (χ0n) is 11.1. The number of primary amides is 1. The van der Waals surface area contributed by atoms with E-state index < -0.39 is 12.0 Å². The molecule has 2 heterocycles. The van der Waals surface area contributed by atoms with Gasteiger partial charge in [0, 0.05) is 5.38 Å². The van der Waals surface area contributed by atoms with Crippen molar-refractivity contribution in [2.24, 2.45) is 5.73 Å². The molecule has 0 fully saturated rings. The molecule has 3 rings (SSSR count). The summed E-state index contributed by atoms with van der Waals surface area (Å²) >= 11 is 1.62. The van der Waals surface area contributed by atoms with E-state index in [0.717, 1.165) is 16.4 Å². The van der Waals surface area contributed by atoms with E-state index in [0.29, 0.717) is 18.8 Å². The van der Waals surface area contributed by atoms with E-state index in [1.54, 1.807) is 11.3 Å². The van der Waals surface area contributed by atoms with Crippen molar-refractivity contribution in [1.82, 2.24) is 4.98 Å². The number of hydrogen-bond donors (Lipinski definition) is 1. The Morgan fingerprint density at radius 1 is 1.55 bits per heavy atom. The number of ether oxygens (including phenoxy) is 1. The molecule has 0 bridgehead atoms. The number of carbonyl (C=O) groups is 1. The van der Waals surface area contributed by atoms with E-state index >= 15 is 0 Å². The third-order valence-corrected chi connectivity index (χ3v) is 4.02. The molecule has 1 atom stereocenters. The Hall–Kier alpha value is -2.08. The molecular weight excluding hydrogens is 274 g/mol. The Morgan fingerprint density at radius 3 is 3.05 bits per heavy atom. The summed E-state index contributed by atoms with van der Waals surface area (Å²) in [4.78, 5) is 18.0. The van der Waals surface area contributed by atoms with E-state index in [4.69, 9.17) is 10.5 Å². The van der Waals surface area contributed by atoms with Crippen LogP contribution in [0.3, 0.4) is 0 Å². The van der Waals surface area contributed by atoms with E-state index in [-0.39, 0.29) is 0 Å². The van der Waals surface area contributed by atoms with Gasteiger partial charge in [0.05, 0.1) is 29.5 Å². The summed E-state index contributed by atoms with van der Waals surface area (Å²) in [6, 6.07) is 7.66. The SMILES string of the molecule is Cc1nc(CN2CC(C(N)=O)Oc3ccccc32)cs1. The average molecular weight is 289 g/mol. The molecule has 1 aromatic heterocycles. The van der Waals surface area contributed by atoms with Crippen LogP contribution in [0.5, 0.6) is 5.75 Å². The predicted molar refractivity (Wildman–Crippen MR) is 78.0 cm³/mol. The molecule has 0 spiro atoms. The number of thiazole rings is 1. The van der Waals surface area contributed by atoms with Crippen LogP contribution >= 0.6 is 11.3 Å². The van der Waals surface area contributed by atoms with Gasteiger partial charge in [0.1, 0.15) is 5.75 Å². The Morgan fingerprint density at radius 2 is 2.35 bits per heavy atom. The predicted octanol–water partition coefficient (Wildman–Crippen LogP) is 1.70. The second-order valence-corrected chi connectivity index (χ2v) is 5.78. The lowest BCUT2D eigenvalue weighted by atomic mass is 10.1. The van der Waals surface area contributed by atoms with Gasteiger partial charge < -0.3 is 15.4 Å². The second-order valence-electron chi connectivity index (χ2n) is 4.71. The summed E-state index contributed by atoms with van der Waals surface area (Å²) in [6.45, 7) is 3.07. The number of nitrogens with two attached hydrogens (primary N) is 1. The number of benzene rings is 1. The van der Waals surface area contributed by atoms with E-state index in [1.807, 2.05) is 36.6 Å². The van der Waals surface area contributed by atoms with Gasteiger partial charge in [-0.2, -0.15) is 0 Å². The summed E-state index contributed by atoms with van der Waals surface area (Å²) in [5, 5.41) is 3.07. The fourth-order valence-corrected chi connectivity index (χ4v) is 2.89. The first-order valence-electron chi connectivity index (χ1n) is 6.34. The maximum Gasteiger partial charge on any atom is 0.260 e. The highest BCUT2D eigenvalue weighted by Crippen LogP contribution is 2.34. The molecule has 0 saturated carbocycles. The topological polar surface area (TPSA) is 68.5 Å². The minimum absolute atomic E-state index is 0.445. The number of nitrogens with zero attached hydrogens (tertiary/aromatic N) is 2. The standard InChI is InChI=1S/C14H15N3O2S/c1-9-16-10(8-20-9)6-17-7-13(14(15)18)19-12-5-3-2-4-11(12)17/h2-5,8,13H,6-7H2,1H3,(H2,15,18). The van der Waals surface area contributed by atoms with Crippen LogP contribution in [0.15, 0.2) is 29.6 Å². The molecule has 1 aliphatic heterocycles. The molecule has 1 amide bonds. The highest BCUT2D eigenvalue weighted by molar-refractivity contribution is 7.09. The molecule has 2 aromatic rings. The molecule has 1 aromatic carbocycles. The van der Waals surface area contributed by atoms with Crippen LogP contribution in [0, 0.1) is 6.92 Å². The molecule has 2 N–H and O–H groups in total. The zero-order chi connectivity index (χ0) is 14.1. The van der Waals surface area contributed by atoms with Gasteiger partial charge in [-0.1, -0.05) is 12.1 Å². The van der Waals surface area contributed by atoms with Gasteiger partial charge in [-0.3, -0.25) is 4.79 Å². The number of anilines is 1. The number of carbonyl (C=O) groups excluding carboxylic acids is 1. The first-order chi connectivity index (χ1) is 9.63. The van der Waals surface area contributed by atoms with Crippen molar-refractivity contribution in [3.05, 3.63) is 40.3 Å². The third-order valence-electron chi connectivity index (χ3n) is 3.20. The zero-order valence-corrected chi connectivity index (χ0v) is 11.9. The van der Waals surface area contributed by atoms with E-state index in [9.17, 15) is 4.79 Å². The lowest BCUT2D eigenvalue weighted by molar-refractivity contribution is -0.124. The van der Waals surface area contributed by atoms with Crippen LogP contribution < -0.4 is 15.4 Å². The Kier molecular flexibility index (Phi) is 3.31. The molecule has 1 aliphatic rings. The minimum Gasteiger partial charge on any atom is -0.477 e. The van der Waals surface area contributed by atoms with Gasteiger partial charge in [-0.15, -0.1) is 11.3 Å². The van der Waals surface area contributed by atoms with Crippen molar-refractivity contribution >= 4 is 22.9 Å². The lowest BCUT2D eigenvalue weighted by Gasteiger charge is -2.34. The molecule has 20 heavy (non-hydrogen) atoms. The largest absolute Gasteiger partial charge is 0.477 e. The molecule has 6 heteroatoms. The van der Waals surface area contributed by atoms with Crippen molar-refractivity contribution in [3.63, 3.8) is 0 Å². The van der Waals surface area contributed by atoms with Gasteiger partial charge in [0.2, 0.25) is 0 Å². The number of aromatic nitrogens is 1. The summed E-state index contributed by atoms with van der Waals surface area (Å²) in [5.41, 5.74) is 7.34. The third kappa shape index (κ3) is 2.46. The van der Waals surface area contributed by atoms with Crippen molar-refractivity contribution < 1.29 is 9.53 Å². The van der Waals surface area contributed by atoms with Crippen LogP contribution in [0.25, 0.3) is 0 Å². The number of hydrogen-bond acceptors (Lipinski definition) is 5. The maximum atomic E-state index is 11.4.